The number of cyclic esters (lactones) is 1. The van der Waals surface area contributed by atoms with E-state index in [0.717, 1.165) is 18.4 Å². The summed E-state index contributed by atoms with van der Waals surface area (Å²) in [6.45, 7) is 3.85. The van der Waals surface area contributed by atoms with Crippen molar-refractivity contribution in [3.63, 3.8) is 0 Å². The van der Waals surface area contributed by atoms with Crippen molar-refractivity contribution in [1.82, 2.24) is 0 Å². The second-order valence-corrected chi connectivity index (χ2v) is 7.21. The lowest BCUT2D eigenvalue weighted by molar-refractivity contribution is -0.192. The zero-order valence-electron chi connectivity index (χ0n) is 12.5. The Kier molecular flexibility index (Phi) is 3.00. The van der Waals surface area contributed by atoms with Crippen molar-refractivity contribution in [2.24, 2.45) is 16.7 Å². The van der Waals surface area contributed by atoms with Gasteiger partial charge in [0.2, 0.25) is 0 Å². The fourth-order valence-electron chi connectivity index (χ4n) is 4.85. The lowest BCUT2D eigenvalue weighted by Crippen LogP contribution is -2.63. The maximum absolute atomic E-state index is 11.8. The van der Waals surface area contributed by atoms with Crippen molar-refractivity contribution in [3.8, 4) is 0 Å². The highest BCUT2D eigenvalue weighted by molar-refractivity contribution is 5.76. The third-order valence-electron chi connectivity index (χ3n) is 6.28. The summed E-state index contributed by atoms with van der Waals surface area (Å²) in [6.07, 6.45) is 4.55. The number of aliphatic carboxylic acids is 1. The monoisotopic (exact) mass is 294 g/mol. The summed E-state index contributed by atoms with van der Waals surface area (Å²) in [5.41, 5.74) is -1.97. The molecular formula is C16H22O5. The zero-order chi connectivity index (χ0) is 15.5. The van der Waals surface area contributed by atoms with Crippen LogP contribution in [-0.4, -0.2) is 34.4 Å². The van der Waals surface area contributed by atoms with Crippen LogP contribution in [0.4, 0.5) is 0 Å². The third-order valence-corrected chi connectivity index (χ3v) is 6.28. The minimum Gasteiger partial charge on any atom is -0.481 e. The molecular weight excluding hydrogens is 272 g/mol. The van der Waals surface area contributed by atoms with Crippen molar-refractivity contribution in [3.05, 3.63) is 11.6 Å². The summed E-state index contributed by atoms with van der Waals surface area (Å²) in [7, 11) is 0. The van der Waals surface area contributed by atoms with Crippen molar-refractivity contribution >= 4 is 11.9 Å². The summed E-state index contributed by atoms with van der Waals surface area (Å²) in [5.74, 6) is -1.38. The van der Waals surface area contributed by atoms with E-state index in [1.54, 1.807) is 6.92 Å². The summed E-state index contributed by atoms with van der Waals surface area (Å²) >= 11 is 0. The molecule has 0 amide bonds. The number of carbonyl (C=O) groups excluding carboxylic acids is 1. The molecule has 4 unspecified atom stereocenters. The van der Waals surface area contributed by atoms with Crippen LogP contribution in [0.25, 0.3) is 0 Å². The molecule has 116 valence electrons. The van der Waals surface area contributed by atoms with Gasteiger partial charge in [0.05, 0.1) is 11.8 Å². The predicted octanol–water partition coefficient (Wildman–Crippen LogP) is 1.89. The largest absolute Gasteiger partial charge is 0.481 e. The van der Waals surface area contributed by atoms with Crippen molar-refractivity contribution in [2.45, 2.75) is 51.6 Å². The molecule has 1 aliphatic heterocycles. The Bertz CT molecular complexity index is 539. The van der Waals surface area contributed by atoms with Crippen LogP contribution in [-0.2, 0) is 14.3 Å². The topological polar surface area (TPSA) is 83.8 Å². The number of aliphatic hydroxyl groups is 1. The molecule has 0 aromatic heterocycles. The molecule has 1 heterocycles. The molecule has 4 atom stereocenters. The molecule has 1 saturated carbocycles. The second kappa shape index (κ2) is 4.32. The molecule has 0 radical (unpaired) electrons. The lowest BCUT2D eigenvalue weighted by Gasteiger charge is -2.60. The summed E-state index contributed by atoms with van der Waals surface area (Å²) in [6, 6.07) is 0. The summed E-state index contributed by atoms with van der Waals surface area (Å²) in [5, 5.41) is 21.0. The first-order valence-electron chi connectivity index (χ1n) is 7.55. The average Bonchev–Trinajstić information content (AvgIpc) is 2.39. The summed E-state index contributed by atoms with van der Waals surface area (Å²) in [4.78, 5) is 23.5. The van der Waals surface area contributed by atoms with E-state index in [2.05, 4.69) is 0 Å². The van der Waals surface area contributed by atoms with Crippen LogP contribution >= 0.6 is 0 Å². The Morgan fingerprint density at radius 2 is 2.10 bits per heavy atom. The van der Waals surface area contributed by atoms with E-state index in [1.807, 2.05) is 13.0 Å². The highest BCUT2D eigenvalue weighted by Gasteiger charge is 2.64. The molecule has 2 aliphatic carbocycles. The van der Waals surface area contributed by atoms with Crippen LogP contribution in [0.15, 0.2) is 11.6 Å². The quantitative estimate of drug-likeness (QED) is 0.570. The van der Waals surface area contributed by atoms with Gasteiger partial charge in [-0.25, -0.2) is 0 Å². The highest BCUT2D eigenvalue weighted by atomic mass is 16.5. The van der Waals surface area contributed by atoms with Crippen molar-refractivity contribution in [2.75, 3.05) is 6.61 Å². The van der Waals surface area contributed by atoms with Crippen LogP contribution in [0, 0.1) is 16.7 Å². The van der Waals surface area contributed by atoms with Crippen molar-refractivity contribution < 1.29 is 24.5 Å². The number of ether oxygens (including phenoxy) is 1. The predicted molar refractivity (Wildman–Crippen MR) is 74.4 cm³/mol. The molecule has 3 rings (SSSR count). The molecule has 5 nitrogen and oxygen atoms in total. The van der Waals surface area contributed by atoms with Crippen LogP contribution in [0.5, 0.6) is 0 Å². The first kappa shape index (κ1) is 14.6. The highest BCUT2D eigenvalue weighted by Crippen LogP contribution is 2.62. The molecule has 21 heavy (non-hydrogen) atoms. The van der Waals surface area contributed by atoms with Gasteiger partial charge in [-0.05, 0) is 37.7 Å². The van der Waals surface area contributed by atoms with Gasteiger partial charge in [-0.15, -0.1) is 0 Å². The SMILES string of the molecule is CC1(C(=O)O)CCCC2(C)C1CC=C1COC(=O)CC12O. The first-order chi connectivity index (χ1) is 9.74. The molecule has 2 fully saturated rings. The van der Waals surface area contributed by atoms with Crippen LogP contribution in [0.3, 0.4) is 0 Å². The number of fused-ring (bicyclic) bond motifs is 3. The van der Waals surface area contributed by atoms with E-state index < -0.39 is 28.4 Å². The molecule has 1 saturated heterocycles. The number of allylic oxidation sites excluding steroid dienone is 1. The van der Waals surface area contributed by atoms with Gasteiger partial charge in [0.15, 0.2) is 0 Å². The number of esters is 1. The molecule has 0 bridgehead atoms. The maximum atomic E-state index is 11.8. The van der Waals surface area contributed by atoms with Gasteiger partial charge in [0.25, 0.3) is 0 Å². The number of hydrogen-bond donors (Lipinski definition) is 2. The molecule has 0 aromatic rings. The fraction of sp³-hybridized carbons (Fsp3) is 0.750. The smallest absolute Gasteiger partial charge is 0.309 e. The van der Waals surface area contributed by atoms with Gasteiger partial charge in [0, 0.05) is 5.41 Å². The van der Waals surface area contributed by atoms with Gasteiger partial charge in [-0.1, -0.05) is 19.4 Å². The maximum Gasteiger partial charge on any atom is 0.309 e. The molecule has 0 aromatic carbocycles. The Hall–Kier alpha value is -1.36. The van der Waals surface area contributed by atoms with E-state index in [1.165, 1.54) is 0 Å². The number of hydrogen-bond acceptors (Lipinski definition) is 4. The number of rotatable bonds is 1. The van der Waals surface area contributed by atoms with Crippen LogP contribution in [0.1, 0.15) is 46.0 Å². The Morgan fingerprint density at radius 1 is 1.38 bits per heavy atom. The summed E-state index contributed by atoms with van der Waals surface area (Å²) < 4.78 is 5.05. The first-order valence-corrected chi connectivity index (χ1v) is 7.55. The van der Waals surface area contributed by atoms with E-state index in [9.17, 15) is 19.8 Å². The van der Waals surface area contributed by atoms with E-state index in [4.69, 9.17) is 4.74 Å². The zero-order valence-corrected chi connectivity index (χ0v) is 12.5. The van der Waals surface area contributed by atoms with Crippen molar-refractivity contribution in [1.29, 1.82) is 0 Å². The molecule has 3 aliphatic rings. The Balaban J connectivity index is 2.11. The average molecular weight is 294 g/mol. The Morgan fingerprint density at radius 3 is 2.76 bits per heavy atom. The van der Waals surface area contributed by atoms with Gasteiger partial charge in [-0.3, -0.25) is 9.59 Å². The van der Waals surface area contributed by atoms with E-state index in [-0.39, 0.29) is 18.9 Å². The standard InChI is InChI=1S/C16H22O5/c1-14(13(18)19)6-3-7-15(2)11(14)5-4-10-9-21-12(17)8-16(10,15)20/h4,11,20H,3,5-9H2,1-2H3,(H,18,19). The molecule has 2 N–H and O–H groups in total. The molecule has 0 spiro atoms. The minimum atomic E-state index is -1.26. The molecule has 5 heteroatoms. The lowest BCUT2D eigenvalue weighted by atomic mass is 9.46. The van der Waals surface area contributed by atoms with Gasteiger partial charge >= 0.3 is 11.9 Å². The van der Waals surface area contributed by atoms with Gasteiger partial charge in [0.1, 0.15) is 12.2 Å². The number of carboxylic acids is 1. The number of carbonyl (C=O) groups is 2. The van der Waals surface area contributed by atoms with E-state index >= 15 is 0 Å². The third kappa shape index (κ3) is 1.73. The van der Waals surface area contributed by atoms with Gasteiger partial charge < -0.3 is 14.9 Å². The second-order valence-electron chi connectivity index (χ2n) is 7.21. The van der Waals surface area contributed by atoms with Crippen LogP contribution < -0.4 is 0 Å². The normalized spacial score (nSPS) is 46.0. The van der Waals surface area contributed by atoms with Crippen LogP contribution in [0.2, 0.25) is 0 Å². The van der Waals surface area contributed by atoms with E-state index in [0.29, 0.717) is 12.8 Å². The Labute approximate surface area is 124 Å². The van der Waals surface area contributed by atoms with Gasteiger partial charge in [-0.2, -0.15) is 0 Å². The minimum absolute atomic E-state index is 0.0679. The fourth-order valence-corrected chi connectivity index (χ4v) is 4.85. The number of carboxylic acid groups (broad SMARTS) is 1.